The van der Waals surface area contributed by atoms with Crippen LogP contribution in [0.2, 0.25) is 0 Å². The highest BCUT2D eigenvalue weighted by atomic mass is 32.2. The molecule has 172 valence electrons. The van der Waals surface area contributed by atoms with Crippen molar-refractivity contribution in [1.29, 1.82) is 0 Å². The fraction of sp³-hybridized carbons (Fsp3) is 0.167. The summed E-state index contributed by atoms with van der Waals surface area (Å²) in [6.45, 7) is 3.14. The van der Waals surface area contributed by atoms with E-state index in [9.17, 15) is 18.3 Å². The van der Waals surface area contributed by atoms with Gasteiger partial charge in [0.1, 0.15) is 18.0 Å². The molecule has 0 aliphatic carbocycles. The number of phenols is 1. The van der Waals surface area contributed by atoms with Crippen molar-refractivity contribution in [1.82, 2.24) is 5.43 Å². The molecular formula is C24H25N3O5S. The highest BCUT2D eigenvalue weighted by Gasteiger charge is 2.29. The Kier molecular flexibility index (Phi) is 7.34. The number of para-hydroxylation sites is 1. The van der Waals surface area contributed by atoms with Gasteiger partial charge in [-0.2, -0.15) is 5.10 Å². The summed E-state index contributed by atoms with van der Waals surface area (Å²) in [6.07, 6.45) is 1.28. The molecule has 0 unspecified atom stereocenters. The van der Waals surface area contributed by atoms with Gasteiger partial charge in [0.15, 0.2) is 0 Å². The van der Waals surface area contributed by atoms with Crippen LogP contribution in [0.4, 0.5) is 5.69 Å². The van der Waals surface area contributed by atoms with Crippen molar-refractivity contribution in [2.75, 3.05) is 18.0 Å². The Labute approximate surface area is 193 Å². The number of sulfonamides is 1. The number of phenolic OH excluding ortho intramolecular Hbond substituents is 1. The van der Waals surface area contributed by atoms with Crippen LogP contribution in [-0.4, -0.2) is 39.3 Å². The Morgan fingerprint density at radius 1 is 1.06 bits per heavy atom. The molecule has 3 aromatic rings. The maximum atomic E-state index is 13.5. The number of amides is 1. The molecule has 0 fully saturated rings. The van der Waals surface area contributed by atoms with E-state index in [-0.39, 0.29) is 16.3 Å². The van der Waals surface area contributed by atoms with Crippen LogP contribution in [0.15, 0.2) is 76.7 Å². The lowest BCUT2D eigenvalue weighted by molar-refractivity contribution is -0.119. The predicted octanol–water partition coefficient (Wildman–Crippen LogP) is 3.36. The Hall–Kier alpha value is -3.85. The van der Waals surface area contributed by atoms with E-state index < -0.39 is 22.5 Å². The number of hydrazone groups is 1. The smallest absolute Gasteiger partial charge is 0.264 e. The number of aryl methyl sites for hydroxylation is 2. The van der Waals surface area contributed by atoms with Gasteiger partial charge in [0.2, 0.25) is 0 Å². The van der Waals surface area contributed by atoms with Crippen LogP contribution in [0.1, 0.15) is 16.7 Å². The molecular weight excluding hydrogens is 442 g/mol. The molecule has 3 rings (SSSR count). The molecule has 0 aliphatic heterocycles. The molecule has 33 heavy (non-hydrogen) atoms. The highest BCUT2D eigenvalue weighted by molar-refractivity contribution is 7.92. The lowest BCUT2D eigenvalue weighted by atomic mass is 10.2. The van der Waals surface area contributed by atoms with Crippen LogP contribution in [0, 0.1) is 13.8 Å². The number of carbonyl (C=O) groups excluding carboxylic acids is 1. The summed E-state index contributed by atoms with van der Waals surface area (Å²) in [4.78, 5) is 12.7. The zero-order valence-corrected chi connectivity index (χ0v) is 19.3. The lowest BCUT2D eigenvalue weighted by Crippen LogP contribution is -2.39. The summed E-state index contributed by atoms with van der Waals surface area (Å²) >= 11 is 0. The maximum absolute atomic E-state index is 13.5. The van der Waals surface area contributed by atoms with E-state index in [4.69, 9.17) is 4.74 Å². The van der Waals surface area contributed by atoms with Crippen LogP contribution in [-0.2, 0) is 14.8 Å². The second-order valence-electron chi connectivity index (χ2n) is 7.35. The van der Waals surface area contributed by atoms with Crippen molar-refractivity contribution >= 4 is 27.8 Å². The SMILES string of the molecule is COc1ccc(C)cc1N(CC(=O)N/N=C\c1ccccc1O)S(=O)(=O)c1ccc(C)cc1. The maximum Gasteiger partial charge on any atom is 0.264 e. The van der Waals surface area contributed by atoms with Crippen molar-refractivity contribution in [3.8, 4) is 11.5 Å². The highest BCUT2D eigenvalue weighted by Crippen LogP contribution is 2.33. The van der Waals surface area contributed by atoms with Gasteiger partial charge in [-0.15, -0.1) is 0 Å². The molecule has 3 aromatic carbocycles. The van der Waals surface area contributed by atoms with E-state index in [0.717, 1.165) is 15.4 Å². The third kappa shape index (κ3) is 5.69. The molecule has 0 radical (unpaired) electrons. The standard InChI is InChI=1S/C24H25N3O5S/c1-17-8-11-20(12-9-17)33(30,31)27(21-14-18(2)10-13-23(21)32-3)16-24(29)26-25-15-19-6-4-5-7-22(19)28/h4-15,28H,16H2,1-3H3,(H,26,29)/b25-15-. The normalized spacial score (nSPS) is 11.4. The zero-order valence-electron chi connectivity index (χ0n) is 18.5. The first kappa shape index (κ1) is 23.8. The molecule has 0 aromatic heterocycles. The zero-order chi connectivity index (χ0) is 24.0. The van der Waals surface area contributed by atoms with Crippen LogP contribution in [0.25, 0.3) is 0 Å². The molecule has 0 saturated heterocycles. The molecule has 2 N–H and O–H groups in total. The summed E-state index contributed by atoms with van der Waals surface area (Å²) in [7, 11) is -2.67. The van der Waals surface area contributed by atoms with Gasteiger partial charge < -0.3 is 9.84 Å². The average molecular weight is 468 g/mol. The van der Waals surface area contributed by atoms with Crippen LogP contribution < -0.4 is 14.5 Å². The fourth-order valence-corrected chi connectivity index (χ4v) is 4.49. The summed E-state index contributed by atoms with van der Waals surface area (Å²) in [6, 6.07) is 17.9. The Bertz CT molecular complexity index is 1270. The third-order valence-electron chi connectivity index (χ3n) is 4.83. The number of hydrogen-bond donors (Lipinski definition) is 2. The number of nitrogens with one attached hydrogen (secondary N) is 1. The molecule has 9 heteroatoms. The molecule has 1 amide bonds. The van der Waals surface area contributed by atoms with Crippen molar-refractivity contribution < 1.29 is 23.1 Å². The van der Waals surface area contributed by atoms with Gasteiger partial charge in [-0.25, -0.2) is 13.8 Å². The second-order valence-corrected chi connectivity index (χ2v) is 9.21. The van der Waals surface area contributed by atoms with Crippen molar-refractivity contribution in [3.63, 3.8) is 0 Å². The minimum Gasteiger partial charge on any atom is -0.507 e. The second kappa shape index (κ2) is 10.2. The first-order valence-electron chi connectivity index (χ1n) is 10.1. The van der Waals surface area contributed by atoms with Gasteiger partial charge in [-0.1, -0.05) is 35.9 Å². The van der Waals surface area contributed by atoms with Crippen molar-refractivity contribution in [2.24, 2.45) is 5.10 Å². The minimum atomic E-state index is -4.10. The molecule has 0 aliphatic rings. The Morgan fingerprint density at radius 2 is 1.73 bits per heavy atom. The van der Waals surface area contributed by atoms with Gasteiger partial charge in [-0.05, 0) is 55.8 Å². The third-order valence-corrected chi connectivity index (χ3v) is 6.60. The number of nitrogens with zero attached hydrogens (tertiary/aromatic N) is 2. The quantitative estimate of drug-likeness (QED) is 0.390. The number of aromatic hydroxyl groups is 1. The number of anilines is 1. The van der Waals surface area contributed by atoms with E-state index in [0.29, 0.717) is 11.3 Å². The van der Waals surface area contributed by atoms with Gasteiger partial charge in [0.25, 0.3) is 15.9 Å². The number of hydrogen-bond acceptors (Lipinski definition) is 6. The predicted molar refractivity (Wildman–Crippen MR) is 127 cm³/mol. The van der Waals surface area contributed by atoms with E-state index in [1.165, 1.54) is 31.5 Å². The number of ether oxygens (including phenoxy) is 1. The Balaban J connectivity index is 1.94. The van der Waals surface area contributed by atoms with E-state index in [1.54, 1.807) is 48.5 Å². The topological polar surface area (TPSA) is 108 Å². The fourth-order valence-electron chi connectivity index (χ4n) is 3.07. The van der Waals surface area contributed by atoms with Crippen LogP contribution >= 0.6 is 0 Å². The first-order chi connectivity index (χ1) is 15.7. The first-order valence-corrected chi connectivity index (χ1v) is 11.5. The minimum absolute atomic E-state index is 0.00331. The molecule has 0 saturated carbocycles. The van der Waals surface area contributed by atoms with Gasteiger partial charge in [0.05, 0.1) is 23.9 Å². The molecule has 0 bridgehead atoms. The monoisotopic (exact) mass is 467 g/mol. The summed E-state index contributed by atoms with van der Waals surface area (Å²) < 4.78 is 33.4. The van der Waals surface area contributed by atoms with Gasteiger partial charge >= 0.3 is 0 Å². The molecule has 0 spiro atoms. The van der Waals surface area contributed by atoms with E-state index in [2.05, 4.69) is 10.5 Å². The number of rotatable bonds is 8. The summed E-state index contributed by atoms with van der Waals surface area (Å²) in [5.74, 6) is -0.355. The Morgan fingerprint density at radius 3 is 2.39 bits per heavy atom. The molecule has 8 nitrogen and oxygen atoms in total. The number of methoxy groups -OCH3 is 1. The van der Waals surface area contributed by atoms with Crippen LogP contribution in [0.3, 0.4) is 0 Å². The average Bonchev–Trinajstić information content (AvgIpc) is 2.79. The van der Waals surface area contributed by atoms with E-state index >= 15 is 0 Å². The molecule has 0 heterocycles. The molecule has 0 atom stereocenters. The van der Waals surface area contributed by atoms with E-state index in [1.807, 2.05) is 13.8 Å². The van der Waals surface area contributed by atoms with Crippen LogP contribution in [0.5, 0.6) is 11.5 Å². The van der Waals surface area contributed by atoms with Crippen molar-refractivity contribution in [3.05, 3.63) is 83.4 Å². The van der Waals surface area contributed by atoms with Gasteiger partial charge in [-0.3, -0.25) is 9.10 Å². The van der Waals surface area contributed by atoms with Crippen molar-refractivity contribution in [2.45, 2.75) is 18.7 Å². The number of carbonyl (C=O) groups is 1. The largest absolute Gasteiger partial charge is 0.507 e. The number of benzene rings is 3. The van der Waals surface area contributed by atoms with Gasteiger partial charge in [0, 0.05) is 5.56 Å². The lowest BCUT2D eigenvalue weighted by Gasteiger charge is -2.25. The summed E-state index contributed by atoms with van der Waals surface area (Å²) in [5.41, 5.74) is 4.66. The summed E-state index contributed by atoms with van der Waals surface area (Å²) in [5, 5.41) is 13.6.